The maximum absolute atomic E-state index is 11.3. The Morgan fingerprint density at radius 2 is 1.89 bits per heavy atom. The molecular weight excluding hydrogens is 266 g/mol. The molecule has 6 heteroatoms. The van der Waals surface area contributed by atoms with Crippen LogP contribution >= 0.6 is 0 Å². The van der Waals surface area contributed by atoms with E-state index in [0.29, 0.717) is 17.1 Å². The molecule has 0 amide bonds. The van der Waals surface area contributed by atoms with Crippen LogP contribution in [0.1, 0.15) is 5.56 Å². The Morgan fingerprint density at radius 3 is 2.47 bits per heavy atom. The molecule has 0 bridgehead atoms. The summed E-state index contributed by atoms with van der Waals surface area (Å²) in [5, 5.41) is 9.16. The number of hydrogen-bond acceptors (Lipinski definition) is 5. The lowest BCUT2D eigenvalue weighted by atomic mass is 10.2. The van der Waals surface area contributed by atoms with Crippen molar-refractivity contribution in [1.82, 2.24) is 4.98 Å². The molecule has 0 fully saturated rings. The first-order valence-corrected chi connectivity index (χ1v) is 7.41. The number of aliphatic hydroxyl groups is 1. The van der Waals surface area contributed by atoms with Gasteiger partial charge in [0, 0.05) is 18.0 Å². The van der Waals surface area contributed by atoms with Gasteiger partial charge in [0.1, 0.15) is 5.75 Å². The molecule has 2 aromatic rings. The lowest BCUT2D eigenvalue weighted by Gasteiger charge is -2.09. The van der Waals surface area contributed by atoms with Gasteiger partial charge in [-0.2, -0.15) is 0 Å². The Bertz CT molecular complexity index is 665. The Morgan fingerprint density at radius 1 is 1.21 bits per heavy atom. The number of ether oxygens (including phenoxy) is 1. The monoisotopic (exact) mass is 279 g/mol. The molecule has 0 atom stereocenters. The number of hydrogen-bond donors (Lipinski definition) is 1. The van der Waals surface area contributed by atoms with Crippen molar-refractivity contribution in [2.75, 3.05) is 6.26 Å². The number of aliphatic hydroxyl groups excluding tert-OH is 1. The molecule has 5 nitrogen and oxygen atoms in total. The Labute approximate surface area is 111 Å². The fourth-order valence-corrected chi connectivity index (χ4v) is 2.14. The largest absolute Gasteiger partial charge is 0.455 e. The molecule has 0 aliphatic rings. The zero-order chi connectivity index (χ0) is 13.9. The van der Waals surface area contributed by atoms with Gasteiger partial charge < -0.3 is 9.84 Å². The summed E-state index contributed by atoms with van der Waals surface area (Å²) < 4.78 is 28.2. The van der Waals surface area contributed by atoms with Crippen LogP contribution < -0.4 is 4.74 Å². The van der Waals surface area contributed by atoms with Gasteiger partial charge in [-0.05, 0) is 30.3 Å². The second kappa shape index (κ2) is 5.38. The van der Waals surface area contributed by atoms with Gasteiger partial charge in [0.25, 0.3) is 0 Å². The topological polar surface area (TPSA) is 76.5 Å². The smallest absolute Gasteiger partial charge is 0.175 e. The summed E-state index contributed by atoms with van der Waals surface area (Å²) in [6.07, 6.45) is 4.20. The maximum atomic E-state index is 11.3. The van der Waals surface area contributed by atoms with Gasteiger partial charge in [0.05, 0.1) is 17.7 Å². The lowest BCUT2D eigenvalue weighted by molar-refractivity contribution is 0.276. The predicted octanol–water partition coefficient (Wildman–Crippen LogP) is 1.77. The Kier molecular flexibility index (Phi) is 3.82. The average Bonchev–Trinajstić information content (AvgIpc) is 2.39. The quantitative estimate of drug-likeness (QED) is 0.923. The first-order chi connectivity index (χ1) is 9.00. The van der Waals surface area contributed by atoms with Crippen LogP contribution in [-0.2, 0) is 16.4 Å². The number of nitrogens with zero attached hydrogens (tertiary/aromatic N) is 1. The van der Waals surface area contributed by atoms with E-state index in [4.69, 9.17) is 9.84 Å². The highest BCUT2D eigenvalue weighted by Crippen LogP contribution is 2.25. The van der Waals surface area contributed by atoms with Crippen LogP contribution in [0.15, 0.2) is 47.6 Å². The van der Waals surface area contributed by atoms with Crippen molar-refractivity contribution in [3.8, 4) is 11.5 Å². The van der Waals surface area contributed by atoms with Crippen LogP contribution in [-0.4, -0.2) is 24.8 Å². The van der Waals surface area contributed by atoms with Gasteiger partial charge in [-0.1, -0.05) is 0 Å². The summed E-state index contributed by atoms with van der Waals surface area (Å²) in [7, 11) is -3.21. The van der Waals surface area contributed by atoms with E-state index in [1.165, 1.54) is 18.3 Å². The van der Waals surface area contributed by atoms with Crippen molar-refractivity contribution in [2.45, 2.75) is 11.5 Å². The highest BCUT2D eigenvalue weighted by molar-refractivity contribution is 7.90. The molecular formula is C13H13NO4S. The van der Waals surface area contributed by atoms with Gasteiger partial charge >= 0.3 is 0 Å². The minimum Gasteiger partial charge on any atom is -0.455 e. The van der Waals surface area contributed by atoms with E-state index in [0.717, 1.165) is 6.26 Å². The van der Waals surface area contributed by atoms with E-state index in [1.807, 2.05) is 0 Å². The number of rotatable bonds is 4. The van der Waals surface area contributed by atoms with Gasteiger partial charge in [0.15, 0.2) is 15.6 Å². The molecule has 0 saturated carbocycles. The second-order valence-corrected chi connectivity index (χ2v) is 6.00. The highest BCUT2D eigenvalue weighted by atomic mass is 32.2. The van der Waals surface area contributed by atoms with E-state index in [-0.39, 0.29) is 11.5 Å². The van der Waals surface area contributed by atoms with E-state index in [1.54, 1.807) is 24.4 Å². The number of benzene rings is 1. The van der Waals surface area contributed by atoms with Crippen LogP contribution in [0.4, 0.5) is 0 Å². The van der Waals surface area contributed by atoms with Crippen LogP contribution in [0.2, 0.25) is 0 Å². The summed E-state index contributed by atoms with van der Waals surface area (Å²) >= 11 is 0. The second-order valence-electron chi connectivity index (χ2n) is 3.99. The minimum atomic E-state index is -3.21. The maximum Gasteiger partial charge on any atom is 0.175 e. The zero-order valence-electron chi connectivity index (χ0n) is 10.3. The van der Waals surface area contributed by atoms with Crippen LogP contribution in [0, 0.1) is 0 Å². The number of sulfone groups is 1. The molecule has 0 radical (unpaired) electrons. The molecule has 0 spiro atoms. The molecule has 1 aromatic heterocycles. The van der Waals surface area contributed by atoms with Gasteiger partial charge in [0.2, 0.25) is 0 Å². The third-order valence-corrected chi connectivity index (χ3v) is 3.65. The summed E-state index contributed by atoms with van der Waals surface area (Å²) in [6.45, 7) is -0.153. The van der Waals surface area contributed by atoms with Crippen LogP contribution in [0.3, 0.4) is 0 Å². The van der Waals surface area contributed by atoms with E-state index in [2.05, 4.69) is 4.98 Å². The molecule has 0 aliphatic carbocycles. The predicted molar refractivity (Wildman–Crippen MR) is 69.8 cm³/mol. The van der Waals surface area contributed by atoms with E-state index in [9.17, 15) is 8.42 Å². The lowest BCUT2D eigenvalue weighted by Crippen LogP contribution is -1.97. The first-order valence-electron chi connectivity index (χ1n) is 5.52. The molecule has 2 rings (SSSR count). The molecule has 0 unspecified atom stereocenters. The molecule has 100 valence electrons. The summed E-state index contributed by atoms with van der Waals surface area (Å²) in [5.41, 5.74) is 0.613. The van der Waals surface area contributed by atoms with Gasteiger partial charge in [-0.25, -0.2) is 8.42 Å². The normalized spacial score (nSPS) is 11.3. The van der Waals surface area contributed by atoms with Crippen molar-refractivity contribution < 1.29 is 18.3 Å². The fraction of sp³-hybridized carbons (Fsp3) is 0.154. The van der Waals surface area contributed by atoms with E-state index < -0.39 is 9.84 Å². The SMILES string of the molecule is CS(=O)(=O)c1ccc(Oc2cnccc2CO)cc1. The highest BCUT2D eigenvalue weighted by Gasteiger charge is 2.08. The van der Waals surface area contributed by atoms with Crippen molar-refractivity contribution in [3.63, 3.8) is 0 Å². The van der Waals surface area contributed by atoms with Crippen LogP contribution in [0.25, 0.3) is 0 Å². The molecule has 0 aliphatic heterocycles. The molecule has 0 saturated heterocycles. The molecule has 1 N–H and O–H groups in total. The molecule has 1 aromatic carbocycles. The third kappa shape index (κ3) is 3.30. The van der Waals surface area contributed by atoms with Crippen molar-refractivity contribution in [3.05, 3.63) is 48.3 Å². The molecule has 1 heterocycles. The fourth-order valence-electron chi connectivity index (χ4n) is 1.51. The third-order valence-electron chi connectivity index (χ3n) is 2.52. The minimum absolute atomic E-state index is 0.153. The Balaban J connectivity index is 2.25. The summed E-state index contributed by atoms with van der Waals surface area (Å²) in [4.78, 5) is 4.14. The Hall–Kier alpha value is -1.92. The van der Waals surface area contributed by atoms with Gasteiger partial charge in [-0.3, -0.25) is 4.98 Å². The van der Waals surface area contributed by atoms with Crippen LogP contribution in [0.5, 0.6) is 11.5 Å². The summed E-state index contributed by atoms with van der Waals surface area (Å²) in [6, 6.07) is 7.72. The number of aromatic nitrogens is 1. The summed E-state index contributed by atoms with van der Waals surface area (Å²) in [5.74, 6) is 0.923. The first kappa shape index (κ1) is 13.5. The van der Waals surface area contributed by atoms with Crippen molar-refractivity contribution >= 4 is 9.84 Å². The average molecular weight is 279 g/mol. The van der Waals surface area contributed by atoms with E-state index >= 15 is 0 Å². The standard InChI is InChI=1S/C13H13NO4S/c1-19(16,17)12-4-2-11(3-5-12)18-13-8-14-7-6-10(13)9-15/h2-8,15H,9H2,1H3. The van der Waals surface area contributed by atoms with Gasteiger partial charge in [-0.15, -0.1) is 0 Å². The molecule has 19 heavy (non-hydrogen) atoms. The van der Waals surface area contributed by atoms with Crippen molar-refractivity contribution in [1.29, 1.82) is 0 Å². The van der Waals surface area contributed by atoms with Crippen molar-refractivity contribution in [2.24, 2.45) is 0 Å². The zero-order valence-corrected chi connectivity index (χ0v) is 11.1. The number of pyridine rings is 1.